The fourth-order valence-electron chi connectivity index (χ4n) is 3.92. The molecule has 0 unspecified atom stereocenters. The normalized spacial score (nSPS) is 19.2. The number of carbonyl (C=O) groups is 1. The molecule has 158 valence electrons. The quantitative estimate of drug-likeness (QED) is 0.720. The van der Waals surface area contributed by atoms with Crippen LogP contribution in [0.3, 0.4) is 0 Å². The van der Waals surface area contributed by atoms with Crippen LogP contribution in [0.25, 0.3) is 0 Å². The van der Waals surface area contributed by atoms with Gasteiger partial charge in [0.15, 0.2) is 5.13 Å². The monoisotopic (exact) mass is 424 g/mol. The first-order chi connectivity index (χ1) is 14.2. The van der Waals surface area contributed by atoms with Crippen molar-refractivity contribution in [3.05, 3.63) is 58.7 Å². The van der Waals surface area contributed by atoms with Gasteiger partial charge in [0.1, 0.15) is 12.5 Å². The molecule has 7 heteroatoms. The molecule has 0 spiro atoms. The second-order valence-electron chi connectivity index (χ2n) is 9.24. The highest BCUT2D eigenvalue weighted by Gasteiger charge is 2.41. The Kier molecular flexibility index (Phi) is 5.18. The maximum Gasteiger partial charge on any atom is 0.412 e. The molecule has 1 aromatic carbocycles. The third-order valence-electron chi connectivity index (χ3n) is 5.97. The molecule has 1 amide bonds. The topological polar surface area (TPSA) is 69.0 Å². The molecule has 2 aliphatic rings. The first kappa shape index (κ1) is 20.6. The van der Waals surface area contributed by atoms with Crippen LogP contribution in [-0.4, -0.2) is 33.6 Å². The van der Waals surface area contributed by atoms with E-state index in [1.165, 1.54) is 15.5 Å². The molecular formula is C23H28N4O2S. The molecule has 4 rings (SSSR count). The van der Waals surface area contributed by atoms with E-state index in [0.29, 0.717) is 6.54 Å². The van der Waals surface area contributed by atoms with Crippen LogP contribution in [0, 0.1) is 0 Å². The summed E-state index contributed by atoms with van der Waals surface area (Å²) >= 11 is 1.74. The molecule has 0 fully saturated rings. The van der Waals surface area contributed by atoms with E-state index in [-0.39, 0.29) is 17.5 Å². The van der Waals surface area contributed by atoms with Gasteiger partial charge in [-0.3, -0.25) is 9.80 Å². The summed E-state index contributed by atoms with van der Waals surface area (Å²) in [6.45, 7) is 9.86. The lowest BCUT2D eigenvalue weighted by Crippen LogP contribution is -2.35. The van der Waals surface area contributed by atoms with Crippen LogP contribution in [0.4, 0.5) is 9.93 Å². The summed E-state index contributed by atoms with van der Waals surface area (Å²) in [7, 11) is 0. The zero-order valence-electron chi connectivity index (χ0n) is 17.9. The predicted octanol–water partition coefficient (Wildman–Crippen LogP) is 5.36. The fourth-order valence-corrected chi connectivity index (χ4v) is 5.30. The van der Waals surface area contributed by atoms with Gasteiger partial charge in [0.05, 0.1) is 12.2 Å². The number of fused-ring (bicyclic) bond motifs is 1. The van der Waals surface area contributed by atoms with Crippen LogP contribution in [0.15, 0.2) is 47.6 Å². The molecule has 1 N–H and O–H groups in total. The van der Waals surface area contributed by atoms with E-state index in [2.05, 4.69) is 49.7 Å². The largest absolute Gasteiger partial charge is 0.465 e. The molecule has 0 saturated heterocycles. The average molecular weight is 425 g/mol. The van der Waals surface area contributed by atoms with Crippen molar-refractivity contribution in [1.82, 2.24) is 9.88 Å². The standard InChI is InChI=1S/C23H28N4O2S/c1-22(2)11-12-23(3,4)19-18(22)25-20(30-19)27(14-16-8-6-5-7-9-16)17-10-13-26(15-24-17)21(28)29/h5-10,13H,11-12,14-15H2,1-4H3,(H,28,29). The maximum absolute atomic E-state index is 11.2. The van der Waals surface area contributed by atoms with Gasteiger partial charge in [-0.1, -0.05) is 58.0 Å². The van der Waals surface area contributed by atoms with Crippen molar-refractivity contribution < 1.29 is 9.90 Å². The molecule has 30 heavy (non-hydrogen) atoms. The van der Waals surface area contributed by atoms with Crippen molar-refractivity contribution in [2.45, 2.75) is 57.9 Å². The first-order valence-corrected chi connectivity index (χ1v) is 11.0. The first-order valence-electron chi connectivity index (χ1n) is 10.2. The van der Waals surface area contributed by atoms with Crippen LogP contribution in [0.2, 0.25) is 0 Å². The summed E-state index contributed by atoms with van der Waals surface area (Å²) in [4.78, 5) is 25.6. The predicted molar refractivity (Wildman–Crippen MR) is 121 cm³/mol. The molecule has 2 heterocycles. The highest BCUT2D eigenvalue weighted by Crippen LogP contribution is 2.49. The van der Waals surface area contributed by atoms with Crippen molar-refractivity contribution in [3.8, 4) is 0 Å². The minimum atomic E-state index is -1.00. The highest BCUT2D eigenvalue weighted by atomic mass is 32.1. The molecule has 1 aliphatic carbocycles. The number of nitrogens with zero attached hydrogens (tertiary/aromatic N) is 4. The number of thiazole rings is 1. The van der Waals surface area contributed by atoms with Crippen molar-refractivity contribution in [2.75, 3.05) is 11.6 Å². The average Bonchev–Trinajstić information content (AvgIpc) is 3.19. The fraction of sp³-hybridized carbons (Fsp3) is 0.435. The van der Waals surface area contributed by atoms with Crippen molar-refractivity contribution in [3.63, 3.8) is 0 Å². The Hall–Kier alpha value is -2.67. The minimum Gasteiger partial charge on any atom is -0.465 e. The van der Waals surface area contributed by atoms with Gasteiger partial charge in [-0.25, -0.2) is 14.8 Å². The second-order valence-corrected chi connectivity index (χ2v) is 10.2. The van der Waals surface area contributed by atoms with Crippen molar-refractivity contribution >= 4 is 28.4 Å². The van der Waals surface area contributed by atoms with Crippen LogP contribution < -0.4 is 4.90 Å². The summed E-state index contributed by atoms with van der Waals surface area (Å²) in [5.74, 6) is 0.734. The van der Waals surface area contributed by atoms with Gasteiger partial charge >= 0.3 is 6.09 Å². The maximum atomic E-state index is 11.2. The van der Waals surface area contributed by atoms with Crippen LogP contribution in [-0.2, 0) is 17.4 Å². The van der Waals surface area contributed by atoms with Gasteiger partial charge in [-0.15, -0.1) is 11.3 Å². The Bertz CT molecular complexity index is 974. The number of aliphatic imine (C=N–C) groups is 1. The Balaban J connectivity index is 1.75. The molecule has 0 bridgehead atoms. The lowest BCUT2D eigenvalue weighted by atomic mass is 9.69. The molecule has 6 nitrogen and oxygen atoms in total. The van der Waals surface area contributed by atoms with Gasteiger partial charge in [0.25, 0.3) is 0 Å². The van der Waals surface area contributed by atoms with E-state index in [1.54, 1.807) is 23.6 Å². The van der Waals surface area contributed by atoms with Gasteiger partial charge < -0.3 is 5.11 Å². The Morgan fingerprint density at radius 2 is 1.87 bits per heavy atom. The Labute approximate surface area is 181 Å². The van der Waals surface area contributed by atoms with Gasteiger partial charge in [0, 0.05) is 21.9 Å². The number of aromatic nitrogens is 1. The van der Waals surface area contributed by atoms with E-state index in [1.807, 2.05) is 18.2 Å². The van der Waals surface area contributed by atoms with Crippen molar-refractivity contribution in [2.24, 2.45) is 4.99 Å². The summed E-state index contributed by atoms with van der Waals surface area (Å²) in [6, 6.07) is 10.2. The number of carboxylic acid groups (broad SMARTS) is 1. The van der Waals surface area contributed by atoms with Crippen LogP contribution in [0.1, 0.15) is 56.7 Å². The van der Waals surface area contributed by atoms with Crippen LogP contribution >= 0.6 is 11.3 Å². The molecule has 0 atom stereocenters. The number of benzene rings is 1. The van der Waals surface area contributed by atoms with E-state index in [4.69, 9.17) is 4.98 Å². The third kappa shape index (κ3) is 3.86. The third-order valence-corrected chi connectivity index (χ3v) is 7.42. The van der Waals surface area contributed by atoms with E-state index in [0.717, 1.165) is 29.4 Å². The van der Waals surface area contributed by atoms with E-state index in [9.17, 15) is 9.90 Å². The summed E-state index contributed by atoms with van der Waals surface area (Å²) in [6.07, 6.45) is 4.59. The number of hydrogen-bond donors (Lipinski definition) is 1. The molecule has 0 radical (unpaired) electrons. The van der Waals surface area contributed by atoms with Gasteiger partial charge in [0.2, 0.25) is 0 Å². The molecule has 1 aromatic heterocycles. The summed E-state index contributed by atoms with van der Waals surface area (Å²) < 4.78 is 0. The zero-order valence-corrected chi connectivity index (χ0v) is 18.7. The SMILES string of the molecule is CC1(C)CCC(C)(C)c2sc(N(Cc3ccccc3)C3=NCN(C(=O)O)C=C3)nc21. The number of rotatable bonds is 3. The molecule has 0 saturated carbocycles. The number of amides is 1. The summed E-state index contributed by atoms with van der Waals surface area (Å²) in [5.41, 5.74) is 2.48. The van der Waals surface area contributed by atoms with E-state index < -0.39 is 6.09 Å². The van der Waals surface area contributed by atoms with Gasteiger partial charge in [-0.2, -0.15) is 0 Å². The number of hydrogen-bond acceptors (Lipinski definition) is 5. The van der Waals surface area contributed by atoms with Gasteiger partial charge in [-0.05, 0) is 24.5 Å². The number of anilines is 1. The van der Waals surface area contributed by atoms with E-state index >= 15 is 0 Å². The number of amidine groups is 1. The molecule has 2 aromatic rings. The smallest absolute Gasteiger partial charge is 0.412 e. The Morgan fingerprint density at radius 3 is 2.47 bits per heavy atom. The highest BCUT2D eigenvalue weighted by molar-refractivity contribution is 7.16. The Morgan fingerprint density at radius 1 is 1.17 bits per heavy atom. The lowest BCUT2D eigenvalue weighted by molar-refractivity contribution is 0.163. The minimum absolute atomic E-state index is 0.0440. The zero-order chi connectivity index (χ0) is 21.5. The molecular weight excluding hydrogens is 396 g/mol. The summed E-state index contributed by atoms with van der Waals surface area (Å²) in [5, 5.41) is 10.1. The lowest BCUT2D eigenvalue weighted by Gasteiger charge is -2.37. The van der Waals surface area contributed by atoms with Crippen LogP contribution in [0.5, 0.6) is 0 Å². The van der Waals surface area contributed by atoms with Crippen molar-refractivity contribution in [1.29, 1.82) is 0 Å². The molecule has 1 aliphatic heterocycles. The second kappa shape index (κ2) is 7.54.